The van der Waals surface area contributed by atoms with E-state index in [0.29, 0.717) is 28.7 Å². The molecule has 0 spiro atoms. The lowest BCUT2D eigenvalue weighted by Crippen LogP contribution is -2.30. The van der Waals surface area contributed by atoms with E-state index in [-0.39, 0.29) is 24.8 Å². The number of carbonyl (C=O) groups is 1. The second-order valence-electron chi connectivity index (χ2n) is 6.17. The molecule has 26 heavy (non-hydrogen) atoms. The number of hydrogen-bond acceptors (Lipinski definition) is 5. The number of pyridine rings is 1. The molecule has 1 atom stereocenters. The third-order valence-corrected chi connectivity index (χ3v) is 4.26. The molecule has 1 aliphatic heterocycles. The maximum Gasteiger partial charge on any atom is 0.357 e. The molecule has 0 amide bonds. The molecule has 1 unspecified atom stereocenters. The Morgan fingerprint density at radius 2 is 2.19 bits per heavy atom. The first kappa shape index (κ1) is 18.1. The molecule has 0 saturated carbocycles. The highest BCUT2D eigenvalue weighted by Gasteiger charge is 2.29. The highest BCUT2D eigenvalue weighted by Crippen LogP contribution is 2.38. The summed E-state index contributed by atoms with van der Waals surface area (Å²) in [5.41, 5.74) is 2.98. The van der Waals surface area contributed by atoms with E-state index in [1.165, 1.54) is 12.1 Å². The van der Waals surface area contributed by atoms with Crippen molar-refractivity contribution in [2.45, 2.75) is 26.4 Å². The molecule has 0 bridgehead atoms. The van der Waals surface area contributed by atoms with Crippen LogP contribution in [0.1, 0.15) is 28.5 Å². The Labute approximate surface area is 151 Å². The van der Waals surface area contributed by atoms with E-state index in [1.807, 2.05) is 0 Å². The van der Waals surface area contributed by atoms with Crippen molar-refractivity contribution in [3.8, 4) is 17.0 Å². The second kappa shape index (κ2) is 7.25. The van der Waals surface area contributed by atoms with Gasteiger partial charge >= 0.3 is 5.97 Å². The maximum atomic E-state index is 14.6. The van der Waals surface area contributed by atoms with Crippen molar-refractivity contribution in [1.82, 2.24) is 4.98 Å². The number of aromatic nitrogens is 1. The minimum absolute atomic E-state index is 0.0322. The summed E-state index contributed by atoms with van der Waals surface area (Å²) in [6, 6.07) is 6.40. The number of hydrogen-bond donors (Lipinski definition) is 1. The highest BCUT2D eigenvalue weighted by molar-refractivity contribution is 5.90. The molecule has 5 nitrogen and oxygen atoms in total. The molecule has 136 valence electrons. The van der Waals surface area contributed by atoms with Gasteiger partial charge in [-0.3, -0.25) is 0 Å². The SMILES string of the molecule is C=C1Cc2c(-c3ccc(C)cc3F)cc(C(=O)OCC)nc2OC1CO. The Balaban J connectivity index is 2.20. The third-order valence-electron chi connectivity index (χ3n) is 4.26. The standard InChI is InChI=1S/C20H20FNO4/c1-4-25-20(24)17-9-14(13-6-5-11(2)7-16(13)21)15-8-12(3)18(10-23)26-19(15)22-17/h5-7,9,18,23H,3-4,8,10H2,1-2H3. The van der Waals surface area contributed by atoms with Crippen LogP contribution in [-0.4, -0.2) is 35.4 Å². The van der Waals surface area contributed by atoms with Gasteiger partial charge in [-0.15, -0.1) is 0 Å². The van der Waals surface area contributed by atoms with Crippen molar-refractivity contribution in [3.05, 3.63) is 59.1 Å². The van der Waals surface area contributed by atoms with E-state index in [0.717, 1.165) is 5.56 Å². The number of esters is 1. The van der Waals surface area contributed by atoms with Gasteiger partial charge in [0.2, 0.25) is 5.88 Å². The van der Waals surface area contributed by atoms with Crippen molar-refractivity contribution in [1.29, 1.82) is 0 Å². The van der Waals surface area contributed by atoms with Crippen LogP contribution < -0.4 is 4.74 Å². The summed E-state index contributed by atoms with van der Waals surface area (Å²) in [5, 5.41) is 9.45. The first-order chi connectivity index (χ1) is 12.4. The molecule has 2 aromatic rings. The summed E-state index contributed by atoms with van der Waals surface area (Å²) in [5.74, 6) is -0.822. The normalized spacial score (nSPS) is 16.0. The first-order valence-electron chi connectivity index (χ1n) is 8.37. The van der Waals surface area contributed by atoms with Crippen molar-refractivity contribution in [3.63, 3.8) is 0 Å². The Bertz CT molecular complexity index is 878. The predicted molar refractivity (Wildman–Crippen MR) is 94.7 cm³/mol. The first-order valence-corrected chi connectivity index (χ1v) is 8.37. The Hall–Kier alpha value is -2.73. The highest BCUT2D eigenvalue weighted by atomic mass is 19.1. The number of rotatable bonds is 4. The lowest BCUT2D eigenvalue weighted by atomic mass is 9.91. The van der Waals surface area contributed by atoms with Gasteiger partial charge in [-0.2, -0.15) is 0 Å². The van der Waals surface area contributed by atoms with Crippen LogP contribution in [-0.2, 0) is 11.2 Å². The number of halogens is 1. The third kappa shape index (κ3) is 3.32. The van der Waals surface area contributed by atoms with Gasteiger partial charge in [0.15, 0.2) is 5.69 Å². The Morgan fingerprint density at radius 3 is 2.85 bits per heavy atom. The molecule has 1 aromatic carbocycles. The largest absolute Gasteiger partial charge is 0.467 e. The summed E-state index contributed by atoms with van der Waals surface area (Å²) in [6.07, 6.45) is -0.234. The molecule has 1 aliphatic rings. The quantitative estimate of drug-likeness (QED) is 0.672. The van der Waals surface area contributed by atoms with Crippen LogP contribution in [0.4, 0.5) is 4.39 Å². The molecule has 3 rings (SSSR count). The summed E-state index contributed by atoms with van der Waals surface area (Å²) in [7, 11) is 0. The number of aryl methyl sites for hydroxylation is 1. The topological polar surface area (TPSA) is 68.7 Å². The second-order valence-corrected chi connectivity index (χ2v) is 6.17. The van der Waals surface area contributed by atoms with E-state index in [4.69, 9.17) is 9.47 Å². The molecule has 1 aromatic heterocycles. The molecule has 6 heteroatoms. The number of fused-ring (bicyclic) bond motifs is 1. The summed E-state index contributed by atoms with van der Waals surface area (Å²) in [4.78, 5) is 16.4. The molecule has 0 saturated heterocycles. The lowest BCUT2D eigenvalue weighted by molar-refractivity contribution is 0.0516. The lowest BCUT2D eigenvalue weighted by Gasteiger charge is -2.28. The van der Waals surface area contributed by atoms with Crippen LogP contribution >= 0.6 is 0 Å². The Kier molecular flexibility index (Phi) is 5.04. The van der Waals surface area contributed by atoms with Gasteiger partial charge in [-0.25, -0.2) is 14.2 Å². The molecule has 2 heterocycles. The van der Waals surface area contributed by atoms with E-state index >= 15 is 0 Å². The van der Waals surface area contributed by atoms with Gasteiger partial charge in [-0.1, -0.05) is 18.7 Å². The Morgan fingerprint density at radius 1 is 1.42 bits per heavy atom. The summed E-state index contributed by atoms with van der Waals surface area (Å²) in [6.45, 7) is 7.37. The fourth-order valence-corrected chi connectivity index (χ4v) is 2.93. The van der Waals surface area contributed by atoms with E-state index in [1.54, 1.807) is 26.0 Å². The van der Waals surface area contributed by atoms with Gasteiger partial charge < -0.3 is 14.6 Å². The number of aliphatic hydroxyl groups is 1. The maximum absolute atomic E-state index is 14.6. The smallest absolute Gasteiger partial charge is 0.357 e. The minimum Gasteiger partial charge on any atom is -0.467 e. The van der Waals surface area contributed by atoms with Gasteiger partial charge in [0, 0.05) is 17.5 Å². The average Bonchev–Trinajstić information content (AvgIpc) is 2.61. The van der Waals surface area contributed by atoms with Gasteiger partial charge in [0.25, 0.3) is 0 Å². The van der Waals surface area contributed by atoms with E-state index in [9.17, 15) is 14.3 Å². The summed E-state index contributed by atoms with van der Waals surface area (Å²) >= 11 is 0. The zero-order chi connectivity index (χ0) is 18.8. The molecule has 1 N–H and O–H groups in total. The number of benzene rings is 1. The molecule has 0 aliphatic carbocycles. The van der Waals surface area contributed by atoms with Crippen LogP contribution in [0.15, 0.2) is 36.4 Å². The van der Waals surface area contributed by atoms with E-state index in [2.05, 4.69) is 11.6 Å². The molecule has 0 radical (unpaired) electrons. The van der Waals surface area contributed by atoms with Crippen molar-refractivity contribution in [2.24, 2.45) is 0 Å². The molecular weight excluding hydrogens is 337 g/mol. The number of carbonyl (C=O) groups excluding carboxylic acids is 1. The van der Waals surface area contributed by atoms with Crippen molar-refractivity contribution >= 4 is 5.97 Å². The van der Waals surface area contributed by atoms with Crippen molar-refractivity contribution in [2.75, 3.05) is 13.2 Å². The van der Waals surface area contributed by atoms with Crippen LogP contribution in [0.25, 0.3) is 11.1 Å². The minimum atomic E-state index is -0.613. The fraction of sp³-hybridized carbons (Fsp3) is 0.300. The molecule has 0 fully saturated rings. The number of aliphatic hydroxyl groups excluding tert-OH is 1. The number of ether oxygens (including phenoxy) is 2. The van der Waals surface area contributed by atoms with Gasteiger partial charge in [0.05, 0.1) is 13.2 Å². The predicted octanol–water partition coefficient (Wildman–Crippen LogP) is 3.22. The van der Waals surface area contributed by atoms with Crippen molar-refractivity contribution < 1.29 is 23.8 Å². The zero-order valence-corrected chi connectivity index (χ0v) is 14.7. The average molecular weight is 357 g/mol. The van der Waals surface area contributed by atoms with E-state index < -0.39 is 17.9 Å². The number of nitrogens with zero attached hydrogens (tertiary/aromatic N) is 1. The zero-order valence-electron chi connectivity index (χ0n) is 14.7. The summed E-state index contributed by atoms with van der Waals surface area (Å²) < 4.78 is 25.3. The fourth-order valence-electron chi connectivity index (χ4n) is 2.93. The van der Waals surface area contributed by atoms with Crippen LogP contribution in [0, 0.1) is 12.7 Å². The van der Waals surface area contributed by atoms with Crippen LogP contribution in [0.2, 0.25) is 0 Å². The molecular formula is C20H20FNO4. The van der Waals surface area contributed by atoms with Crippen LogP contribution in [0.5, 0.6) is 5.88 Å². The van der Waals surface area contributed by atoms with Crippen LogP contribution in [0.3, 0.4) is 0 Å². The van der Waals surface area contributed by atoms with Gasteiger partial charge in [0.1, 0.15) is 11.9 Å². The van der Waals surface area contributed by atoms with Gasteiger partial charge in [-0.05, 0) is 42.7 Å². The monoisotopic (exact) mass is 357 g/mol.